The summed E-state index contributed by atoms with van der Waals surface area (Å²) in [5.74, 6) is 0. The van der Waals surface area contributed by atoms with E-state index in [0.29, 0.717) is 0 Å². The first-order valence-corrected chi connectivity index (χ1v) is 5.82. The van der Waals surface area contributed by atoms with Crippen molar-refractivity contribution in [2.24, 2.45) is 0 Å². The molecular formula is C14H10BBr. The molecule has 2 heteroatoms. The van der Waals surface area contributed by atoms with Crippen LogP contribution in [0.4, 0.5) is 0 Å². The van der Waals surface area contributed by atoms with Crippen molar-refractivity contribution in [3.8, 4) is 0 Å². The minimum atomic E-state index is 0.792. The first kappa shape index (κ1) is 11.2. The van der Waals surface area contributed by atoms with Crippen molar-refractivity contribution in [2.75, 3.05) is 0 Å². The van der Waals surface area contributed by atoms with Gasteiger partial charge in [0, 0.05) is 4.47 Å². The molecule has 0 saturated heterocycles. The normalized spacial score (nSPS) is 10.8. The molecule has 0 fully saturated rings. The molecule has 0 aliphatic heterocycles. The summed E-state index contributed by atoms with van der Waals surface area (Å²) in [5.41, 5.74) is 3.12. The first-order chi connectivity index (χ1) is 7.74. The van der Waals surface area contributed by atoms with Gasteiger partial charge >= 0.3 is 0 Å². The van der Waals surface area contributed by atoms with Crippen LogP contribution in [0, 0.1) is 0 Å². The van der Waals surface area contributed by atoms with E-state index in [-0.39, 0.29) is 0 Å². The highest BCUT2D eigenvalue weighted by atomic mass is 79.9. The Balaban J connectivity index is 2.15. The lowest BCUT2D eigenvalue weighted by atomic mass is 9.95. The van der Waals surface area contributed by atoms with Crippen LogP contribution in [0.3, 0.4) is 0 Å². The van der Waals surface area contributed by atoms with Crippen molar-refractivity contribution in [2.45, 2.75) is 0 Å². The Morgan fingerprint density at radius 3 is 1.69 bits per heavy atom. The zero-order valence-electron chi connectivity index (χ0n) is 8.73. The SMILES string of the molecule is [B]c1ccc(/C=C/c2ccc(Br)cc2)cc1. The Morgan fingerprint density at radius 2 is 1.19 bits per heavy atom. The van der Waals surface area contributed by atoms with Crippen LogP contribution in [0.1, 0.15) is 11.1 Å². The Morgan fingerprint density at radius 1 is 0.750 bits per heavy atom. The Labute approximate surface area is 106 Å². The van der Waals surface area contributed by atoms with E-state index in [9.17, 15) is 0 Å². The highest BCUT2D eigenvalue weighted by Gasteiger charge is 1.89. The van der Waals surface area contributed by atoms with Gasteiger partial charge in [0.1, 0.15) is 7.85 Å². The molecule has 0 heterocycles. The predicted molar refractivity (Wildman–Crippen MR) is 74.9 cm³/mol. The van der Waals surface area contributed by atoms with Gasteiger partial charge in [-0.15, -0.1) is 0 Å². The van der Waals surface area contributed by atoms with Crippen LogP contribution in [-0.2, 0) is 0 Å². The van der Waals surface area contributed by atoms with Crippen molar-refractivity contribution >= 4 is 41.4 Å². The van der Waals surface area contributed by atoms with Gasteiger partial charge in [0.15, 0.2) is 0 Å². The van der Waals surface area contributed by atoms with E-state index in [1.54, 1.807) is 0 Å². The summed E-state index contributed by atoms with van der Waals surface area (Å²) in [5, 5.41) is 0. The van der Waals surface area contributed by atoms with Crippen LogP contribution in [0.15, 0.2) is 53.0 Å². The fourth-order valence-corrected chi connectivity index (χ4v) is 1.64. The average molecular weight is 269 g/mol. The molecule has 76 valence electrons. The largest absolute Gasteiger partial charge is 0.113 e. The van der Waals surface area contributed by atoms with Gasteiger partial charge in [0.05, 0.1) is 0 Å². The molecule has 2 rings (SSSR count). The second-order valence-corrected chi connectivity index (χ2v) is 4.47. The third-order valence-corrected chi connectivity index (χ3v) is 2.80. The number of hydrogen-bond acceptors (Lipinski definition) is 0. The van der Waals surface area contributed by atoms with Gasteiger partial charge < -0.3 is 0 Å². The highest BCUT2D eigenvalue weighted by Crippen LogP contribution is 2.12. The van der Waals surface area contributed by atoms with Crippen LogP contribution in [0.5, 0.6) is 0 Å². The minimum absolute atomic E-state index is 0.792. The maximum Gasteiger partial charge on any atom is 0.113 e. The Kier molecular flexibility index (Phi) is 3.63. The van der Waals surface area contributed by atoms with Crippen molar-refractivity contribution in [1.29, 1.82) is 0 Å². The van der Waals surface area contributed by atoms with E-state index in [1.807, 2.05) is 36.4 Å². The van der Waals surface area contributed by atoms with Crippen LogP contribution in [-0.4, -0.2) is 7.85 Å². The molecule has 2 aromatic carbocycles. The van der Waals surface area contributed by atoms with Gasteiger partial charge in [-0.2, -0.15) is 0 Å². The topological polar surface area (TPSA) is 0 Å². The second kappa shape index (κ2) is 5.17. The molecule has 0 aromatic heterocycles. The molecule has 0 spiro atoms. The molecule has 0 amide bonds. The maximum atomic E-state index is 5.62. The molecule has 0 N–H and O–H groups in total. The molecule has 0 aliphatic carbocycles. The van der Waals surface area contributed by atoms with Gasteiger partial charge in [-0.1, -0.05) is 69.9 Å². The predicted octanol–water partition coefficient (Wildman–Crippen LogP) is 3.41. The van der Waals surface area contributed by atoms with E-state index in [2.05, 4.69) is 40.2 Å². The van der Waals surface area contributed by atoms with Crippen molar-refractivity contribution < 1.29 is 0 Å². The second-order valence-electron chi connectivity index (χ2n) is 3.55. The molecule has 0 aliphatic rings. The molecule has 0 saturated carbocycles. The molecule has 2 aromatic rings. The lowest BCUT2D eigenvalue weighted by Crippen LogP contribution is -1.98. The molecule has 0 unspecified atom stereocenters. The summed E-state index contributed by atoms with van der Waals surface area (Å²) in [6.45, 7) is 0. The van der Waals surface area contributed by atoms with Crippen molar-refractivity contribution in [1.82, 2.24) is 0 Å². The van der Waals surface area contributed by atoms with Gasteiger partial charge in [-0.25, -0.2) is 0 Å². The Hall–Kier alpha value is -1.28. The smallest absolute Gasteiger partial charge is 0.0966 e. The van der Waals surface area contributed by atoms with Gasteiger partial charge in [0.2, 0.25) is 0 Å². The summed E-state index contributed by atoms with van der Waals surface area (Å²) >= 11 is 3.41. The summed E-state index contributed by atoms with van der Waals surface area (Å²) in [4.78, 5) is 0. The van der Waals surface area contributed by atoms with E-state index in [1.165, 1.54) is 5.56 Å². The maximum absolute atomic E-state index is 5.62. The van der Waals surface area contributed by atoms with Gasteiger partial charge in [0.25, 0.3) is 0 Å². The van der Waals surface area contributed by atoms with E-state index in [4.69, 9.17) is 7.85 Å². The summed E-state index contributed by atoms with van der Waals surface area (Å²) in [6.07, 6.45) is 4.15. The summed E-state index contributed by atoms with van der Waals surface area (Å²) < 4.78 is 1.09. The van der Waals surface area contributed by atoms with E-state index < -0.39 is 0 Å². The van der Waals surface area contributed by atoms with Gasteiger partial charge in [-0.05, 0) is 23.3 Å². The van der Waals surface area contributed by atoms with Crippen molar-refractivity contribution in [3.63, 3.8) is 0 Å². The van der Waals surface area contributed by atoms with Crippen LogP contribution in [0.25, 0.3) is 12.2 Å². The van der Waals surface area contributed by atoms with Crippen molar-refractivity contribution in [3.05, 3.63) is 64.1 Å². The summed E-state index contributed by atoms with van der Waals surface area (Å²) in [7, 11) is 5.62. The Bertz CT molecular complexity index is 436. The van der Waals surface area contributed by atoms with Crippen LogP contribution >= 0.6 is 15.9 Å². The standard InChI is InChI=1S/C14H10BBr/c15-13-7-3-11(4-8-13)1-2-12-5-9-14(16)10-6-12/h1-10H/b2-1+. The summed E-state index contributed by atoms with van der Waals surface area (Å²) in [6, 6.07) is 16.0. The monoisotopic (exact) mass is 268 g/mol. The third-order valence-electron chi connectivity index (χ3n) is 2.27. The number of benzene rings is 2. The van der Waals surface area contributed by atoms with Gasteiger partial charge in [-0.3, -0.25) is 0 Å². The molecule has 0 bridgehead atoms. The molecule has 0 nitrogen and oxygen atoms in total. The highest BCUT2D eigenvalue weighted by molar-refractivity contribution is 9.10. The van der Waals surface area contributed by atoms with Crippen LogP contribution in [0.2, 0.25) is 0 Å². The zero-order valence-corrected chi connectivity index (χ0v) is 10.3. The zero-order chi connectivity index (χ0) is 11.4. The number of halogens is 1. The first-order valence-electron chi connectivity index (χ1n) is 5.03. The number of rotatable bonds is 2. The molecular weight excluding hydrogens is 259 g/mol. The lowest BCUT2D eigenvalue weighted by Gasteiger charge is -1.96. The molecule has 2 radical (unpaired) electrons. The average Bonchev–Trinajstić information content (AvgIpc) is 2.30. The molecule has 16 heavy (non-hydrogen) atoms. The fraction of sp³-hybridized carbons (Fsp3) is 0. The minimum Gasteiger partial charge on any atom is -0.0966 e. The lowest BCUT2D eigenvalue weighted by molar-refractivity contribution is 1.61. The van der Waals surface area contributed by atoms with Crippen LogP contribution < -0.4 is 5.46 Å². The number of hydrogen-bond donors (Lipinski definition) is 0. The van der Waals surface area contributed by atoms with E-state index in [0.717, 1.165) is 15.5 Å². The quantitative estimate of drug-likeness (QED) is 0.579. The fourth-order valence-electron chi connectivity index (χ4n) is 1.37. The third kappa shape index (κ3) is 3.11. The van der Waals surface area contributed by atoms with E-state index >= 15 is 0 Å². The molecule has 0 atom stereocenters.